The van der Waals surface area contributed by atoms with Gasteiger partial charge < -0.3 is 15.1 Å². The number of thioether (sulfide) groups is 1. The zero-order valence-corrected chi connectivity index (χ0v) is 18.0. The number of carbonyl (C=O) groups is 2. The summed E-state index contributed by atoms with van der Waals surface area (Å²) in [6, 6.07) is 5.50. The summed E-state index contributed by atoms with van der Waals surface area (Å²) in [6.07, 6.45) is -3.10. The van der Waals surface area contributed by atoms with Crippen molar-refractivity contribution < 1.29 is 33.0 Å². The summed E-state index contributed by atoms with van der Waals surface area (Å²) >= 11 is 14.0. The van der Waals surface area contributed by atoms with Gasteiger partial charge in [-0.25, -0.2) is 9.59 Å². The number of aromatic amines is 1. The number of anilines is 1. The molecule has 2 heterocycles. The molecule has 1 fully saturated rings. The van der Waals surface area contributed by atoms with Crippen molar-refractivity contribution in [2.75, 3.05) is 18.0 Å². The smallest absolute Gasteiger partial charge is 0.476 e. The number of aliphatic carboxylic acids is 1. The Kier molecular flexibility index (Phi) is 8.83. The highest BCUT2D eigenvalue weighted by atomic mass is 35.5. The van der Waals surface area contributed by atoms with Crippen molar-refractivity contribution in [1.29, 1.82) is 0 Å². The molecule has 2 aromatic rings. The summed E-state index contributed by atoms with van der Waals surface area (Å²) in [5.74, 6) is -3.27. The first-order valence-corrected chi connectivity index (χ1v) is 10.5. The molecule has 0 atom stereocenters. The Balaban J connectivity index is 0.000000423. The molecule has 1 saturated heterocycles. The number of hydrogen-bond acceptors (Lipinski definition) is 6. The van der Waals surface area contributed by atoms with Gasteiger partial charge >= 0.3 is 18.1 Å². The van der Waals surface area contributed by atoms with E-state index in [9.17, 15) is 18.0 Å². The van der Waals surface area contributed by atoms with Gasteiger partial charge in [0.1, 0.15) is 5.69 Å². The lowest BCUT2D eigenvalue weighted by molar-refractivity contribution is -0.192. The van der Waals surface area contributed by atoms with E-state index >= 15 is 0 Å². The van der Waals surface area contributed by atoms with Crippen LogP contribution in [0.2, 0.25) is 10.0 Å². The lowest BCUT2D eigenvalue weighted by Gasteiger charge is -2.33. The topological polar surface area (TPSA) is 119 Å². The molecular weight excluding hydrogens is 484 g/mol. The number of piperidine rings is 1. The Morgan fingerprint density at radius 3 is 2.35 bits per heavy atom. The van der Waals surface area contributed by atoms with Crippen LogP contribution in [0.1, 0.15) is 29.0 Å². The Bertz CT molecular complexity index is 921. The average molecular weight is 501 g/mol. The summed E-state index contributed by atoms with van der Waals surface area (Å²) in [5, 5.41) is 28.0. The monoisotopic (exact) mass is 500 g/mol. The zero-order chi connectivity index (χ0) is 23.2. The molecule has 0 saturated carbocycles. The predicted octanol–water partition coefficient (Wildman–Crippen LogP) is 4.35. The molecule has 1 aromatic heterocycles. The van der Waals surface area contributed by atoms with Crippen LogP contribution in [0.25, 0.3) is 0 Å². The molecule has 0 aliphatic carbocycles. The van der Waals surface area contributed by atoms with Crippen molar-refractivity contribution in [1.82, 2.24) is 15.4 Å². The lowest BCUT2D eigenvalue weighted by Crippen LogP contribution is -2.35. The van der Waals surface area contributed by atoms with Crippen LogP contribution in [-0.2, 0) is 10.5 Å². The van der Waals surface area contributed by atoms with Crippen molar-refractivity contribution in [3.8, 4) is 0 Å². The van der Waals surface area contributed by atoms with Crippen molar-refractivity contribution in [3.63, 3.8) is 0 Å². The minimum Gasteiger partial charge on any atom is -0.476 e. The molecule has 0 spiro atoms. The van der Waals surface area contributed by atoms with E-state index in [-0.39, 0.29) is 5.69 Å². The second-order valence-electron chi connectivity index (χ2n) is 6.32. The highest BCUT2D eigenvalue weighted by Gasteiger charge is 2.38. The summed E-state index contributed by atoms with van der Waals surface area (Å²) in [7, 11) is 0. The molecule has 31 heavy (non-hydrogen) atoms. The number of rotatable bonds is 5. The molecule has 0 radical (unpaired) electrons. The number of alkyl halides is 3. The Morgan fingerprint density at radius 2 is 1.81 bits per heavy atom. The van der Waals surface area contributed by atoms with Crippen LogP contribution in [0, 0.1) is 0 Å². The first-order chi connectivity index (χ1) is 14.5. The van der Waals surface area contributed by atoms with Crippen molar-refractivity contribution in [3.05, 3.63) is 39.6 Å². The number of carboxylic acid groups (broad SMARTS) is 2. The van der Waals surface area contributed by atoms with E-state index in [4.69, 9.17) is 38.2 Å². The van der Waals surface area contributed by atoms with Gasteiger partial charge in [-0.2, -0.15) is 35.2 Å². The van der Waals surface area contributed by atoms with Crippen LogP contribution >= 0.6 is 35.0 Å². The molecule has 8 nitrogen and oxygen atoms in total. The molecule has 1 aromatic carbocycles. The van der Waals surface area contributed by atoms with E-state index in [1.165, 1.54) is 0 Å². The molecule has 0 bridgehead atoms. The van der Waals surface area contributed by atoms with Crippen LogP contribution in [0.15, 0.2) is 18.2 Å². The molecule has 3 rings (SSSR count). The maximum Gasteiger partial charge on any atom is 0.490 e. The first-order valence-electron chi connectivity index (χ1n) is 8.73. The fourth-order valence-corrected chi connectivity index (χ4v) is 4.26. The third kappa shape index (κ3) is 7.47. The summed E-state index contributed by atoms with van der Waals surface area (Å²) in [6.45, 7) is 1.78. The third-order valence-electron chi connectivity index (χ3n) is 4.21. The Labute approximate surface area is 188 Å². The average Bonchev–Trinajstić information content (AvgIpc) is 3.17. The lowest BCUT2D eigenvalue weighted by atomic mass is 10.1. The van der Waals surface area contributed by atoms with E-state index in [2.05, 4.69) is 20.3 Å². The maximum atomic E-state index is 11.0. The molecule has 1 aliphatic rings. The second-order valence-corrected chi connectivity index (χ2v) is 8.45. The SMILES string of the molecule is O=C(O)C(F)(F)F.O=C(O)c1n[nH]nc1CSC1CCN(c2cc(Cl)ccc2Cl)CC1. The molecule has 14 heteroatoms. The van der Waals surface area contributed by atoms with Gasteiger partial charge in [-0.1, -0.05) is 23.2 Å². The van der Waals surface area contributed by atoms with E-state index in [1.54, 1.807) is 17.8 Å². The number of carboxylic acids is 2. The van der Waals surface area contributed by atoms with Gasteiger partial charge in [0.2, 0.25) is 0 Å². The standard InChI is InChI=1S/C15H16Cl2N4O2S.C2HF3O2/c16-9-1-2-11(17)13(7-9)21-5-3-10(4-6-21)24-8-12-14(15(22)23)19-20-18-12;3-2(4,5)1(6)7/h1-2,7,10H,3-6,8H2,(H,22,23)(H,18,19,20);(H,6,7). The minimum atomic E-state index is -5.08. The highest BCUT2D eigenvalue weighted by molar-refractivity contribution is 7.99. The quantitative estimate of drug-likeness (QED) is 0.554. The molecule has 0 amide bonds. The number of halogens is 5. The van der Waals surface area contributed by atoms with Crippen LogP contribution in [-0.4, -0.2) is 62.1 Å². The highest BCUT2D eigenvalue weighted by Crippen LogP contribution is 2.33. The van der Waals surface area contributed by atoms with Crippen LogP contribution in [0.4, 0.5) is 18.9 Å². The summed E-state index contributed by atoms with van der Waals surface area (Å²) in [5.41, 5.74) is 1.47. The van der Waals surface area contributed by atoms with Gasteiger partial charge in [0.15, 0.2) is 5.69 Å². The van der Waals surface area contributed by atoms with Crippen molar-refractivity contribution >= 4 is 52.6 Å². The largest absolute Gasteiger partial charge is 0.490 e. The maximum absolute atomic E-state index is 11.0. The van der Waals surface area contributed by atoms with Gasteiger partial charge in [-0.3, -0.25) is 0 Å². The van der Waals surface area contributed by atoms with Gasteiger partial charge in [-0.15, -0.1) is 5.10 Å². The van der Waals surface area contributed by atoms with Crippen molar-refractivity contribution in [2.45, 2.75) is 30.0 Å². The van der Waals surface area contributed by atoms with E-state index < -0.39 is 18.1 Å². The predicted molar refractivity (Wildman–Crippen MR) is 110 cm³/mol. The number of benzene rings is 1. The fraction of sp³-hybridized carbons (Fsp3) is 0.412. The number of H-pyrrole nitrogens is 1. The number of aromatic nitrogens is 3. The zero-order valence-electron chi connectivity index (χ0n) is 15.7. The molecule has 3 N–H and O–H groups in total. The van der Waals surface area contributed by atoms with E-state index in [0.717, 1.165) is 31.6 Å². The Morgan fingerprint density at radius 1 is 1.19 bits per heavy atom. The minimum absolute atomic E-state index is 0.00523. The molecule has 1 aliphatic heterocycles. The van der Waals surface area contributed by atoms with Gasteiger partial charge in [0.05, 0.1) is 10.7 Å². The second kappa shape index (κ2) is 10.9. The van der Waals surface area contributed by atoms with Crippen LogP contribution < -0.4 is 4.90 Å². The summed E-state index contributed by atoms with van der Waals surface area (Å²) < 4.78 is 31.7. The molecule has 0 unspecified atom stereocenters. The van der Waals surface area contributed by atoms with Crippen molar-refractivity contribution in [2.24, 2.45) is 0 Å². The van der Waals surface area contributed by atoms with Gasteiger partial charge in [-0.05, 0) is 31.0 Å². The number of aromatic carboxylic acids is 1. The van der Waals surface area contributed by atoms with E-state index in [0.29, 0.717) is 26.7 Å². The molecule has 170 valence electrons. The normalized spacial score (nSPS) is 14.7. The van der Waals surface area contributed by atoms with Crippen LogP contribution in [0.5, 0.6) is 0 Å². The number of nitrogens with zero attached hydrogens (tertiary/aromatic N) is 3. The fourth-order valence-electron chi connectivity index (χ4n) is 2.71. The third-order valence-corrected chi connectivity index (χ3v) is 6.15. The van der Waals surface area contributed by atoms with E-state index in [1.807, 2.05) is 12.1 Å². The van der Waals surface area contributed by atoms with Gasteiger partial charge in [0, 0.05) is 29.1 Å². The molecular formula is C17H17Cl2F3N4O4S. The van der Waals surface area contributed by atoms with Crippen LogP contribution in [0.3, 0.4) is 0 Å². The first kappa shape index (κ1) is 25.1. The summed E-state index contributed by atoms with van der Waals surface area (Å²) in [4.78, 5) is 22.2. The Hall–Kier alpha value is -2.18. The number of nitrogens with one attached hydrogen (secondary N) is 1. The van der Waals surface area contributed by atoms with Gasteiger partial charge in [0.25, 0.3) is 0 Å². The number of hydrogen-bond donors (Lipinski definition) is 3.